The first-order valence-electron chi connectivity index (χ1n) is 9.28. The Morgan fingerprint density at radius 2 is 1.58 bits per heavy atom. The van der Waals surface area contributed by atoms with Crippen LogP contribution >= 0.6 is 0 Å². The van der Waals surface area contributed by atoms with Crippen molar-refractivity contribution in [2.45, 2.75) is 64.1 Å². The van der Waals surface area contributed by atoms with Crippen molar-refractivity contribution in [3.05, 3.63) is 35.9 Å². The van der Waals surface area contributed by atoms with Crippen LogP contribution in [0.3, 0.4) is 0 Å². The van der Waals surface area contributed by atoms with Gasteiger partial charge in [0.2, 0.25) is 0 Å². The largest absolute Gasteiger partial charge is 0.378 e. The van der Waals surface area contributed by atoms with Gasteiger partial charge < -0.3 is 15.5 Å². The van der Waals surface area contributed by atoms with E-state index in [9.17, 15) is 0 Å². The van der Waals surface area contributed by atoms with Crippen molar-refractivity contribution in [3.63, 3.8) is 0 Å². The van der Waals surface area contributed by atoms with Crippen LogP contribution in [0, 0.1) is 0 Å². The van der Waals surface area contributed by atoms with Crippen molar-refractivity contribution in [1.82, 2.24) is 10.6 Å². The predicted octanol–water partition coefficient (Wildman–Crippen LogP) is 4.05. The number of hydrogen-bond donors (Lipinski definition) is 2. The Kier molecular flexibility index (Phi) is 6.88. The molecule has 3 heteroatoms. The van der Waals surface area contributed by atoms with Crippen molar-refractivity contribution in [2.75, 3.05) is 25.5 Å². The van der Waals surface area contributed by atoms with Gasteiger partial charge in [0, 0.05) is 44.0 Å². The monoisotopic (exact) mass is 329 g/mol. The summed E-state index contributed by atoms with van der Waals surface area (Å²) >= 11 is 0. The third-order valence-electron chi connectivity index (χ3n) is 4.61. The van der Waals surface area contributed by atoms with E-state index < -0.39 is 0 Å². The average Bonchev–Trinajstić information content (AvgIpc) is 2.52. The van der Waals surface area contributed by atoms with Crippen LogP contribution in [0.5, 0.6) is 0 Å². The lowest BCUT2D eigenvalue weighted by molar-refractivity contribution is 0.265. The number of benzene rings is 1. The average molecular weight is 330 g/mol. The van der Waals surface area contributed by atoms with Crippen molar-refractivity contribution in [3.8, 4) is 0 Å². The summed E-state index contributed by atoms with van der Waals surface area (Å²) in [5.74, 6) is 0. The van der Waals surface area contributed by atoms with Gasteiger partial charge in [-0.1, -0.05) is 24.3 Å². The summed E-state index contributed by atoms with van der Waals surface area (Å²) < 4.78 is 0. The van der Waals surface area contributed by atoms with E-state index in [1.165, 1.54) is 36.9 Å². The van der Waals surface area contributed by atoms with E-state index in [1.807, 2.05) is 0 Å². The molecule has 1 aliphatic rings. The van der Waals surface area contributed by atoms with E-state index in [2.05, 4.69) is 86.8 Å². The van der Waals surface area contributed by atoms with Crippen LogP contribution in [0.4, 0.5) is 5.69 Å². The second kappa shape index (κ2) is 8.68. The zero-order valence-corrected chi connectivity index (χ0v) is 16.1. The van der Waals surface area contributed by atoms with Crippen molar-refractivity contribution in [1.29, 1.82) is 0 Å². The molecule has 1 aliphatic carbocycles. The Bertz CT molecular complexity index is 503. The summed E-state index contributed by atoms with van der Waals surface area (Å²) in [6.07, 6.45) is 9.57. The van der Waals surface area contributed by atoms with Crippen LogP contribution in [0.15, 0.2) is 30.3 Å². The molecule has 2 rings (SSSR count). The summed E-state index contributed by atoms with van der Waals surface area (Å²) in [4.78, 5) is 2.12. The van der Waals surface area contributed by atoms with E-state index in [-0.39, 0.29) is 5.54 Å². The summed E-state index contributed by atoms with van der Waals surface area (Å²) in [7, 11) is 4.14. The minimum atomic E-state index is 0.232. The molecule has 0 saturated heterocycles. The topological polar surface area (TPSA) is 27.3 Å². The van der Waals surface area contributed by atoms with Gasteiger partial charge in [0.25, 0.3) is 0 Å². The van der Waals surface area contributed by atoms with Gasteiger partial charge in [0.1, 0.15) is 0 Å². The fraction of sp³-hybridized carbons (Fsp3) is 0.619. The zero-order valence-electron chi connectivity index (χ0n) is 16.1. The highest BCUT2D eigenvalue weighted by Gasteiger charge is 2.23. The van der Waals surface area contributed by atoms with Crippen molar-refractivity contribution in [2.24, 2.45) is 0 Å². The van der Waals surface area contributed by atoms with Gasteiger partial charge in [-0.3, -0.25) is 0 Å². The summed E-state index contributed by atoms with van der Waals surface area (Å²) in [6, 6.07) is 10.0. The maximum atomic E-state index is 3.73. The van der Waals surface area contributed by atoms with Crippen molar-refractivity contribution < 1.29 is 0 Å². The van der Waals surface area contributed by atoms with E-state index in [4.69, 9.17) is 0 Å². The summed E-state index contributed by atoms with van der Waals surface area (Å²) in [5.41, 5.74) is 2.74. The highest BCUT2D eigenvalue weighted by atomic mass is 15.1. The molecule has 0 atom stereocenters. The lowest BCUT2D eigenvalue weighted by atomic mass is 9.89. The molecule has 1 saturated carbocycles. The third kappa shape index (κ3) is 6.66. The highest BCUT2D eigenvalue weighted by Crippen LogP contribution is 2.20. The molecular formula is C21H35N3. The molecule has 0 radical (unpaired) electrons. The summed E-state index contributed by atoms with van der Waals surface area (Å²) in [5, 5.41) is 7.42. The molecule has 1 aromatic rings. The minimum Gasteiger partial charge on any atom is -0.378 e. The maximum absolute atomic E-state index is 3.73. The maximum Gasteiger partial charge on any atom is 0.0361 e. The molecule has 0 unspecified atom stereocenters. The first-order chi connectivity index (χ1) is 11.3. The molecule has 0 amide bonds. The zero-order chi connectivity index (χ0) is 17.6. The second-order valence-electron chi connectivity index (χ2n) is 8.24. The Morgan fingerprint density at radius 1 is 1.00 bits per heavy atom. The van der Waals surface area contributed by atoms with Crippen LogP contribution < -0.4 is 15.5 Å². The number of nitrogens with zero attached hydrogens (tertiary/aromatic N) is 1. The molecular weight excluding hydrogens is 294 g/mol. The number of anilines is 1. The Labute approximate surface area is 148 Å². The van der Waals surface area contributed by atoms with Crippen LogP contribution in [0.1, 0.15) is 52.0 Å². The van der Waals surface area contributed by atoms with Gasteiger partial charge >= 0.3 is 0 Å². The van der Waals surface area contributed by atoms with Crippen molar-refractivity contribution >= 4 is 11.8 Å². The van der Waals surface area contributed by atoms with E-state index in [0.717, 1.165) is 6.54 Å². The highest BCUT2D eigenvalue weighted by molar-refractivity contribution is 5.55. The number of hydrogen-bond acceptors (Lipinski definition) is 3. The molecule has 1 fully saturated rings. The molecule has 24 heavy (non-hydrogen) atoms. The van der Waals surface area contributed by atoms with E-state index in [1.54, 1.807) is 0 Å². The molecule has 2 N–H and O–H groups in total. The molecule has 1 aromatic carbocycles. The molecule has 0 aliphatic heterocycles. The van der Waals surface area contributed by atoms with Crippen LogP contribution in [0.25, 0.3) is 6.08 Å². The standard InChI is InChI=1S/C21H35N3/c1-21(2,3)23-19-12-10-18(11-13-19)22-16-6-7-17-8-14-20(15-9-17)24(4)5/h6-9,14-15,18-19,22-23H,10-13,16H2,1-5H3/b7-6+. The fourth-order valence-electron chi connectivity index (χ4n) is 3.37. The normalized spacial score (nSPS) is 22.0. The predicted molar refractivity (Wildman–Crippen MR) is 107 cm³/mol. The van der Waals surface area contributed by atoms with Gasteiger partial charge in [-0.15, -0.1) is 0 Å². The molecule has 0 spiro atoms. The minimum absolute atomic E-state index is 0.232. The second-order valence-corrected chi connectivity index (χ2v) is 8.24. The molecule has 0 aromatic heterocycles. The van der Waals surface area contributed by atoms with E-state index >= 15 is 0 Å². The van der Waals surface area contributed by atoms with Gasteiger partial charge in [-0.2, -0.15) is 0 Å². The van der Waals surface area contributed by atoms with E-state index in [0.29, 0.717) is 12.1 Å². The lowest BCUT2D eigenvalue weighted by Gasteiger charge is -2.34. The molecule has 0 bridgehead atoms. The SMILES string of the molecule is CN(C)c1ccc(/C=C/CNC2CCC(NC(C)(C)C)CC2)cc1. The Balaban J connectivity index is 1.67. The van der Waals surface area contributed by atoms with Crippen LogP contribution in [-0.4, -0.2) is 38.3 Å². The first kappa shape index (κ1) is 19.0. The van der Waals surface area contributed by atoms with Crippen LogP contribution in [-0.2, 0) is 0 Å². The number of rotatable bonds is 6. The first-order valence-corrected chi connectivity index (χ1v) is 9.28. The molecule has 3 nitrogen and oxygen atoms in total. The Hall–Kier alpha value is -1.32. The van der Waals surface area contributed by atoms with Gasteiger partial charge in [-0.05, 0) is 64.2 Å². The molecule has 134 valence electrons. The third-order valence-corrected chi connectivity index (χ3v) is 4.61. The van der Waals surface area contributed by atoms with Crippen LogP contribution in [0.2, 0.25) is 0 Å². The lowest BCUT2D eigenvalue weighted by Crippen LogP contribution is -2.47. The molecule has 0 heterocycles. The number of nitrogens with one attached hydrogen (secondary N) is 2. The Morgan fingerprint density at radius 3 is 2.12 bits per heavy atom. The van der Waals surface area contributed by atoms with Gasteiger partial charge in [-0.25, -0.2) is 0 Å². The quantitative estimate of drug-likeness (QED) is 0.824. The fourth-order valence-corrected chi connectivity index (χ4v) is 3.37. The van der Waals surface area contributed by atoms with Gasteiger partial charge in [0.05, 0.1) is 0 Å². The van der Waals surface area contributed by atoms with Gasteiger partial charge in [0.15, 0.2) is 0 Å². The smallest absolute Gasteiger partial charge is 0.0361 e. The summed E-state index contributed by atoms with van der Waals surface area (Å²) in [6.45, 7) is 7.73.